The molecule has 0 spiro atoms. The van der Waals surface area contributed by atoms with Crippen LogP contribution in [0.3, 0.4) is 0 Å². The largest absolute Gasteiger partial charge is 0.480 e. The number of rotatable bonds is 6. The third-order valence-electron chi connectivity index (χ3n) is 2.17. The highest BCUT2D eigenvalue weighted by atomic mass is 32.2. The lowest BCUT2D eigenvalue weighted by Crippen LogP contribution is -2.41. The van der Waals surface area contributed by atoms with Crippen LogP contribution >= 0.6 is 11.8 Å². The van der Waals surface area contributed by atoms with Gasteiger partial charge in [0.1, 0.15) is 6.04 Å². The van der Waals surface area contributed by atoms with Crippen LogP contribution in [0.4, 0.5) is 0 Å². The van der Waals surface area contributed by atoms with E-state index in [1.165, 1.54) is 18.0 Å². The first-order valence-corrected chi connectivity index (χ1v) is 6.39. The SMILES string of the molecule is CSCCC(NC(=O)c1oncc1C)C(=O)O. The van der Waals surface area contributed by atoms with Gasteiger partial charge in [0, 0.05) is 5.56 Å². The van der Waals surface area contributed by atoms with Crippen LogP contribution < -0.4 is 5.32 Å². The molecule has 0 aromatic carbocycles. The van der Waals surface area contributed by atoms with E-state index in [1.807, 2.05) is 6.26 Å². The average Bonchev–Trinajstić information content (AvgIpc) is 2.70. The molecule has 1 heterocycles. The van der Waals surface area contributed by atoms with Gasteiger partial charge in [-0.3, -0.25) is 4.79 Å². The Morgan fingerprint density at radius 2 is 2.35 bits per heavy atom. The Morgan fingerprint density at radius 3 is 2.82 bits per heavy atom. The fourth-order valence-electron chi connectivity index (χ4n) is 1.23. The predicted molar refractivity (Wildman–Crippen MR) is 63.1 cm³/mol. The van der Waals surface area contributed by atoms with Crippen LogP contribution in [-0.4, -0.2) is 40.2 Å². The topological polar surface area (TPSA) is 92.4 Å². The van der Waals surface area contributed by atoms with Crippen molar-refractivity contribution in [1.29, 1.82) is 0 Å². The summed E-state index contributed by atoms with van der Waals surface area (Å²) in [4.78, 5) is 22.6. The minimum atomic E-state index is -1.05. The second-order valence-corrected chi connectivity index (χ2v) is 4.47. The second kappa shape index (κ2) is 6.29. The van der Waals surface area contributed by atoms with Crippen molar-refractivity contribution in [3.63, 3.8) is 0 Å². The van der Waals surface area contributed by atoms with Crippen molar-refractivity contribution in [2.75, 3.05) is 12.0 Å². The molecule has 0 fully saturated rings. The van der Waals surface area contributed by atoms with Crippen LogP contribution in [0.2, 0.25) is 0 Å². The second-order valence-electron chi connectivity index (χ2n) is 3.48. The molecule has 0 bridgehead atoms. The van der Waals surface area contributed by atoms with Crippen LogP contribution in [0.5, 0.6) is 0 Å². The van der Waals surface area contributed by atoms with E-state index in [1.54, 1.807) is 6.92 Å². The zero-order valence-corrected chi connectivity index (χ0v) is 10.4. The molecule has 94 valence electrons. The predicted octanol–water partition coefficient (Wildman–Crippen LogP) is 0.919. The van der Waals surface area contributed by atoms with E-state index in [0.717, 1.165) is 0 Å². The smallest absolute Gasteiger partial charge is 0.326 e. The first-order valence-electron chi connectivity index (χ1n) is 5.00. The Bertz CT molecular complexity index is 405. The Morgan fingerprint density at radius 1 is 1.65 bits per heavy atom. The third kappa shape index (κ3) is 3.77. The molecule has 1 aromatic rings. The number of hydrogen-bond acceptors (Lipinski definition) is 5. The molecule has 0 aliphatic heterocycles. The van der Waals surface area contributed by atoms with E-state index < -0.39 is 17.9 Å². The van der Waals surface area contributed by atoms with Gasteiger partial charge in [-0.25, -0.2) is 4.79 Å². The van der Waals surface area contributed by atoms with E-state index in [-0.39, 0.29) is 5.76 Å². The van der Waals surface area contributed by atoms with Crippen molar-refractivity contribution < 1.29 is 19.2 Å². The molecule has 0 aliphatic rings. The summed E-state index contributed by atoms with van der Waals surface area (Å²) in [7, 11) is 0. The summed E-state index contributed by atoms with van der Waals surface area (Å²) < 4.78 is 4.75. The van der Waals surface area contributed by atoms with Gasteiger partial charge in [-0.2, -0.15) is 11.8 Å². The quantitative estimate of drug-likeness (QED) is 0.788. The molecule has 17 heavy (non-hydrogen) atoms. The number of aryl methyl sites for hydroxylation is 1. The highest BCUT2D eigenvalue weighted by Gasteiger charge is 2.23. The van der Waals surface area contributed by atoms with Gasteiger partial charge in [-0.05, 0) is 25.4 Å². The number of nitrogens with one attached hydrogen (secondary N) is 1. The zero-order valence-electron chi connectivity index (χ0n) is 9.60. The van der Waals surface area contributed by atoms with E-state index in [2.05, 4.69) is 10.5 Å². The van der Waals surface area contributed by atoms with Crippen molar-refractivity contribution in [2.45, 2.75) is 19.4 Å². The van der Waals surface area contributed by atoms with Crippen molar-refractivity contribution in [1.82, 2.24) is 10.5 Å². The van der Waals surface area contributed by atoms with E-state index in [0.29, 0.717) is 17.7 Å². The number of aromatic nitrogens is 1. The molecule has 0 radical (unpaired) electrons. The molecule has 1 unspecified atom stereocenters. The number of carboxylic acids is 1. The van der Waals surface area contributed by atoms with E-state index >= 15 is 0 Å². The summed E-state index contributed by atoms with van der Waals surface area (Å²) >= 11 is 1.52. The molecule has 1 amide bonds. The number of nitrogens with zero attached hydrogens (tertiary/aromatic N) is 1. The maximum atomic E-state index is 11.7. The number of carboxylic acid groups (broad SMARTS) is 1. The summed E-state index contributed by atoms with van der Waals surface area (Å²) in [5.41, 5.74) is 0.580. The molecule has 0 saturated heterocycles. The summed E-state index contributed by atoms with van der Waals surface area (Å²) in [6, 6.07) is -0.903. The van der Waals surface area contributed by atoms with Crippen LogP contribution in [0, 0.1) is 6.92 Å². The van der Waals surface area contributed by atoms with Crippen LogP contribution in [0.15, 0.2) is 10.7 Å². The van der Waals surface area contributed by atoms with Gasteiger partial charge in [-0.15, -0.1) is 0 Å². The molecule has 7 heteroatoms. The minimum absolute atomic E-state index is 0.0559. The van der Waals surface area contributed by atoms with Crippen LogP contribution in [-0.2, 0) is 4.79 Å². The number of thioether (sulfide) groups is 1. The fraction of sp³-hybridized carbons (Fsp3) is 0.500. The molecule has 0 aliphatic carbocycles. The molecule has 0 saturated carbocycles. The summed E-state index contributed by atoms with van der Waals surface area (Å²) in [5.74, 6) is -0.884. The van der Waals surface area contributed by atoms with Crippen LogP contribution in [0.25, 0.3) is 0 Å². The lowest BCUT2D eigenvalue weighted by molar-refractivity contribution is -0.139. The van der Waals surface area contributed by atoms with Gasteiger partial charge in [-0.1, -0.05) is 5.16 Å². The lowest BCUT2D eigenvalue weighted by atomic mass is 10.2. The normalized spacial score (nSPS) is 12.1. The number of hydrogen-bond donors (Lipinski definition) is 2. The molecular formula is C10H14N2O4S. The zero-order chi connectivity index (χ0) is 12.8. The molecule has 1 aromatic heterocycles. The van der Waals surface area contributed by atoms with Gasteiger partial charge >= 0.3 is 5.97 Å². The van der Waals surface area contributed by atoms with E-state index in [9.17, 15) is 9.59 Å². The van der Waals surface area contributed by atoms with Gasteiger partial charge in [0.15, 0.2) is 0 Å². The van der Waals surface area contributed by atoms with Crippen molar-refractivity contribution >= 4 is 23.6 Å². The van der Waals surface area contributed by atoms with Crippen molar-refractivity contribution in [2.24, 2.45) is 0 Å². The Kier molecular flexibility index (Phi) is 5.02. The Hall–Kier alpha value is -1.50. The number of carbonyl (C=O) groups excluding carboxylic acids is 1. The van der Waals surface area contributed by atoms with Crippen LogP contribution in [0.1, 0.15) is 22.5 Å². The van der Waals surface area contributed by atoms with Gasteiger partial charge < -0.3 is 14.9 Å². The highest BCUT2D eigenvalue weighted by Crippen LogP contribution is 2.07. The molecule has 1 atom stereocenters. The molecular weight excluding hydrogens is 244 g/mol. The minimum Gasteiger partial charge on any atom is -0.480 e. The van der Waals surface area contributed by atoms with Gasteiger partial charge in [0.2, 0.25) is 5.76 Å². The molecule has 2 N–H and O–H groups in total. The first-order chi connectivity index (χ1) is 8.06. The average molecular weight is 258 g/mol. The number of carbonyl (C=O) groups is 2. The maximum absolute atomic E-state index is 11.7. The first kappa shape index (κ1) is 13.6. The van der Waals surface area contributed by atoms with Gasteiger partial charge in [0.05, 0.1) is 6.20 Å². The summed E-state index contributed by atoms with van der Waals surface area (Å²) in [6.07, 6.45) is 3.66. The number of aliphatic carboxylic acids is 1. The van der Waals surface area contributed by atoms with Crippen molar-refractivity contribution in [3.05, 3.63) is 17.5 Å². The van der Waals surface area contributed by atoms with Gasteiger partial charge in [0.25, 0.3) is 5.91 Å². The van der Waals surface area contributed by atoms with E-state index in [4.69, 9.17) is 9.63 Å². The third-order valence-corrected chi connectivity index (χ3v) is 2.81. The Balaban J connectivity index is 2.64. The van der Waals surface area contributed by atoms with Crippen molar-refractivity contribution in [3.8, 4) is 0 Å². The lowest BCUT2D eigenvalue weighted by Gasteiger charge is -2.12. The maximum Gasteiger partial charge on any atom is 0.326 e. The summed E-state index contributed by atoms with van der Waals surface area (Å²) in [5, 5.41) is 14.8. The molecule has 1 rings (SSSR count). The monoisotopic (exact) mass is 258 g/mol. The summed E-state index contributed by atoms with van der Waals surface area (Å²) in [6.45, 7) is 1.67. The number of amides is 1. The highest BCUT2D eigenvalue weighted by molar-refractivity contribution is 7.98. The molecule has 6 nitrogen and oxygen atoms in total. The standard InChI is InChI=1S/C10H14N2O4S/c1-6-5-11-16-8(6)9(13)12-7(10(14)15)3-4-17-2/h5,7H,3-4H2,1-2H3,(H,12,13)(H,14,15). The fourth-order valence-corrected chi connectivity index (χ4v) is 1.70. The Labute approximate surface area is 103 Å².